The highest BCUT2D eigenvalue weighted by atomic mass is 35.5. The SMILES string of the molecule is CCn1nc(-c2cccnc2)c(C(C)=O)c(Nc2cc(Cl)cc(Cl)c2)c1=O.CCn1nc(-c2cccnc2)c(C(C)=O)c(Nc2cccc(Cl)c2)c1=O. The number of anilines is 4. The zero-order valence-electron chi connectivity index (χ0n) is 29.0. The lowest BCUT2D eigenvalue weighted by Gasteiger charge is -2.16. The van der Waals surface area contributed by atoms with Crippen molar-refractivity contribution in [3.05, 3.63) is 138 Å². The van der Waals surface area contributed by atoms with E-state index in [4.69, 9.17) is 34.8 Å². The Labute approximate surface area is 319 Å². The van der Waals surface area contributed by atoms with Crippen LogP contribution < -0.4 is 21.8 Å². The molecule has 0 aliphatic carbocycles. The summed E-state index contributed by atoms with van der Waals surface area (Å²) in [5, 5.41) is 16.1. The predicted octanol–water partition coefficient (Wildman–Crippen LogP) is 8.50. The van der Waals surface area contributed by atoms with Crippen molar-refractivity contribution < 1.29 is 9.59 Å². The van der Waals surface area contributed by atoms with Gasteiger partial charge in [-0.05, 0) is 88.4 Å². The topological polar surface area (TPSA) is 154 Å². The first-order chi connectivity index (χ1) is 25.4. The Morgan fingerprint density at radius 3 is 1.47 bits per heavy atom. The van der Waals surface area contributed by atoms with Gasteiger partial charge in [0.1, 0.15) is 22.8 Å². The van der Waals surface area contributed by atoms with Gasteiger partial charge in [-0.25, -0.2) is 9.36 Å². The van der Waals surface area contributed by atoms with Crippen LogP contribution in [0.2, 0.25) is 15.1 Å². The molecule has 0 radical (unpaired) electrons. The molecule has 2 N–H and O–H groups in total. The molecular weight excluding hydrogens is 739 g/mol. The molecule has 0 unspecified atom stereocenters. The number of rotatable bonds is 10. The molecule has 53 heavy (non-hydrogen) atoms. The number of benzene rings is 2. The lowest BCUT2D eigenvalue weighted by molar-refractivity contribution is 0.101. The number of Topliss-reactive ketones (excluding diaryl/α,β-unsaturated/α-hetero) is 2. The summed E-state index contributed by atoms with van der Waals surface area (Å²) in [6.45, 7) is 7.13. The van der Waals surface area contributed by atoms with Gasteiger partial charge in [-0.15, -0.1) is 0 Å². The molecule has 0 saturated carbocycles. The quantitative estimate of drug-likeness (QED) is 0.130. The van der Waals surface area contributed by atoms with E-state index in [0.717, 1.165) is 0 Å². The van der Waals surface area contributed by atoms with Crippen LogP contribution in [0, 0.1) is 0 Å². The highest BCUT2D eigenvalue weighted by Crippen LogP contribution is 2.30. The minimum atomic E-state index is -0.411. The summed E-state index contributed by atoms with van der Waals surface area (Å²) in [6.07, 6.45) is 6.47. The molecule has 4 aromatic heterocycles. The van der Waals surface area contributed by atoms with Crippen molar-refractivity contribution >= 4 is 69.1 Å². The summed E-state index contributed by atoms with van der Waals surface area (Å²) in [7, 11) is 0. The molecule has 0 fully saturated rings. The van der Waals surface area contributed by atoms with Crippen LogP contribution in [0.1, 0.15) is 48.4 Å². The molecule has 6 rings (SSSR count). The van der Waals surface area contributed by atoms with E-state index >= 15 is 0 Å². The van der Waals surface area contributed by atoms with Gasteiger partial charge < -0.3 is 10.6 Å². The van der Waals surface area contributed by atoms with Gasteiger partial charge in [0.2, 0.25) is 0 Å². The molecule has 6 aromatic rings. The fraction of sp³-hybridized carbons (Fsp3) is 0.158. The van der Waals surface area contributed by atoms with Crippen LogP contribution in [0.25, 0.3) is 22.5 Å². The number of nitrogens with zero attached hydrogens (tertiary/aromatic N) is 6. The van der Waals surface area contributed by atoms with E-state index in [-0.39, 0.29) is 39.6 Å². The predicted molar refractivity (Wildman–Crippen MR) is 209 cm³/mol. The molecule has 0 amide bonds. The summed E-state index contributed by atoms with van der Waals surface area (Å²) in [6, 6.07) is 18.9. The highest BCUT2D eigenvalue weighted by molar-refractivity contribution is 6.35. The lowest BCUT2D eigenvalue weighted by atomic mass is 10.0. The number of hydrogen-bond acceptors (Lipinski definition) is 10. The smallest absolute Gasteiger partial charge is 0.291 e. The fourth-order valence-corrected chi connectivity index (χ4v) is 6.09. The zero-order chi connectivity index (χ0) is 38.2. The van der Waals surface area contributed by atoms with E-state index in [9.17, 15) is 19.2 Å². The van der Waals surface area contributed by atoms with Gasteiger partial charge in [0.05, 0.1) is 11.1 Å². The van der Waals surface area contributed by atoms with E-state index in [0.29, 0.717) is 62.0 Å². The normalized spacial score (nSPS) is 10.6. The maximum absolute atomic E-state index is 12.9. The molecule has 0 atom stereocenters. The van der Waals surface area contributed by atoms with E-state index in [1.165, 1.54) is 23.2 Å². The van der Waals surface area contributed by atoms with Crippen LogP contribution in [0.3, 0.4) is 0 Å². The number of ketones is 2. The maximum Gasteiger partial charge on any atom is 0.291 e. The third kappa shape index (κ3) is 9.04. The van der Waals surface area contributed by atoms with Crippen LogP contribution in [0.5, 0.6) is 0 Å². The molecule has 0 spiro atoms. The van der Waals surface area contributed by atoms with Crippen molar-refractivity contribution in [1.29, 1.82) is 0 Å². The Bertz CT molecular complexity index is 2400. The Morgan fingerprint density at radius 1 is 0.623 bits per heavy atom. The average Bonchev–Trinajstić information content (AvgIpc) is 3.13. The Kier molecular flexibility index (Phi) is 12.5. The second kappa shape index (κ2) is 17.2. The van der Waals surface area contributed by atoms with Crippen molar-refractivity contribution in [2.45, 2.75) is 40.8 Å². The van der Waals surface area contributed by atoms with Crippen molar-refractivity contribution in [3.8, 4) is 22.5 Å². The first-order valence-corrected chi connectivity index (χ1v) is 17.4. The molecule has 2 aromatic carbocycles. The summed E-state index contributed by atoms with van der Waals surface area (Å²) >= 11 is 18.1. The summed E-state index contributed by atoms with van der Waals surface area (Å²) in [4.78, 5) is 58.7. The zero-order valence-corrected chi connectivity index (χ0v) is 31.3. The number of hydrogen-bond donors (Lipinski definition) is 2. The highest BCUT2D eigenvalue weighted by Gasteiger charge is 2.23. The number of carbonyl (C=O) groups excluding carboxylic acids is 2. The number of carbonyl (C=O) groups is 2. The van der Waals surface area contributed by atoms with E-state index in [2.05, 4.69) is 30.8 Å². The Morgan fingerprint density at radius 2 is 1.08 bits per heavy atom. The van der Waals surface area contributed by atoms with Crippen LogP contribution in [-0.4, -0.2) is 41.1 Å². The molecule has 0 aliphatic heterocycles. The van der Waals surface area contributed by atoms with Gasteiger partial charge in [-0.3, -0.25) is 29.1 Å². The fourth-order valence-electron chi connectivity index (χ4n) is 5.38. The Balaban J connectivity index is 0.000000204. The molecular formula is C38H33Cl3N8O4. The van der Waals surface area contributed by atoms with E-state index in [1.807, 2.05) is 6.92 Å². The van der Waals surface area contributed by atoms with Gasteiger partial charge >= 0.3 is 0 Å². The number of nitrogens with one attached hydrogen (secondary N) is 2. The molecule has 270 valence electrons. The molecule has 4 heterocycles. The summed E-state index contributed by atoms with van der Waals surface area (Å²) in [5.41, 5.74) is 3.14. The van der Waals surface area contributed by atoms with Crippen LogP contribution in [0.4, 0.5) is 22.7 Å². The van der Waals surface area contributed by atoms with Gasteiger partial charge in [0.15, 0.2) is 11.6 Å². The Hall–Kier alpha value is -5.69. The molecule has 12 nitrogen and oxygen atoms in total. The molecule has 0 bridgehead atoms. The molecule has 15 heteroatoms. The van der Waals surface area contributed by atoms with Crippen molar-refractivity contribution in [2.24, 2.45) is 0 Å². The van der Waals surface area contributed by atoms with E-state index < -0.39 is 5.56 Å². The van der Waals surface area contributed by atoms with Gasteiger partial charge in [-0.2, -0.15) is 10.2 Å². The standard InChI is InChI=1S/C19H16Cl2N4O2.C19H17ClN4O2/c1-3-25-19(27)18(23-15-8-13(20)7-14(21)9-15)16(11(2)26)17(24-25)12-5-4-6-22-10-12;1-3-24-19(26)18(22-15-8-4-7-14(20)10-15)16(12(2)25)17(23-24)13-6-5-9-21-11-13/h4-10,23H,3H2,1-2H3;4-11,22H,3H2,1-2H3. The first-order valence-electron chi connectivity index (χ1n) is 16.3. The number of aromatic nitrogens is 6. The van der Waals surface area contributed by atoms with Crippen molar-refractivity contribution in [3.63, 3.8) is 0 Å². The van der Waals surface area contributed by atoms with Gasteiger partial charge in [0, 0.05) is 75.4 Å². The summed E-state index contributed by atoms with van der Waals surface area (Å²) < 4.78 is 2.62. The van der Waals surface area contributed by atoms with Crippen LogP contribution in [-0.2, 0) is 13.1 Å². The molecule has 0 saturated heterocycles. The second-order valence-electron chi connectivity index (χ2n) is 11.5. The minimum Gasteiger partial charge on any atom is -0.350 e. The maximum atomic E-state index is 12.9. The van der Waals surface area contributed by atoms with E-state index in [1.54, 1.807) is 98.4 Å². The number of pyridine rings is 2. The monoisotopic (exact) mass is 770 g/mol. The molecule has 0 aliphatic rings. The van der Waals surface area contributed by atoms with Crippen LogP contribution in [0.15, 0.2) is 101 Å². The number of aryl methyl sites for hydroxylation is 2. The van der Waals surface area contributed by atoms with Crippen LogP contribution >= 0.6 is 34.8 Å². The first kappa shape index (κ1) is 38.5. The van der Waals surface area contributed by atoms with Crippen molar-refractivity contribution in [2.75, 3.05) is 10.6 Å². The third-order valence-electron chi connectivity index (χ3n) is 7.71. The largest absolute Gasteiger partial charge is 0.350 e. The lowest BCUT2D eigenvalue weighted by Crippen LogP contribution is -2.28. The summed E-state index contributed by atoms with van der Waals surface area (Å²) in [5.74, 6) is -0.557. The number of halogens is 3. The minimum absolute atomic E-state index is 0.122. The van der Waals surface area contributed by atoms with Crippen molar-refractivity contribution in [1.82, 2.24) is 29.5 Å². The second-order valence-corrected chi connectivity index (χ2v) is 12.8. The average molecular weight is 772 g/mol. The van der Waals surface area contributed by atoms with Gasteiger partial charge in [-0.1, -0.05) is 40.9 Å². The third-order valence-corrected chi connectivity index (χ3v) is 8.38. The van der Waals surface area contributed by atoms with Gasteiger partial charge in [0.25, 0.3) is 11.1 Å².